The molecular weight excluding hydrogens is 674 g/mol. The molecule has 0 amide bonds. The molecule has 0 bridgehead atoms. The Morgan fingerprint density at radius 1 is 0.217 bits per heavy atom. The zero-order chi connectivity index (χ0) is 30.8. The average molecular weight is 708 g/mol. The summed E-state index contributed by atoms with van der Waals surface area (Å²) in [6.07, 6.45) is 10.0. The molecule has 2 aliphatic heterocycles. The van der Waals surface area contributed by atoms with E-state index in [-0.39, 0.29) is 0 Å². The third-order valence-corrected chi connectivity index (χ3v) is 31.4. The minimum absolute atomic E-state index is 1.33. The van der Waals surface area contributed by atoms with Crippen molar-refractivity contribution >= 4 is 52.9 Å². The van der Waals surface area contributed by atoms with Crippen LogP contribution in [0.1, 0.15) is 11.1 Å². The molecule has 46 heavy (non-hydrogen) atoms. The van der Waals surface area contributed by atoms with Gasteiger partial charge >= 0.3 is 279 Å². The molecule has 0 atom stereocenters. The van der Waals surface area contributed by atoms with Crippen molar-refractivity contribution in [2.45, 2.75) is 0 Å². The summed E-state index contributed by atoms with van der Waals surface area (Å²) in [5.41, 5.74) is 2.66. The topological polar surface area (TPSA) is 0 Å². The van der Waals surface area contributed by atoms with Crippen LogP contribution >= 0.6 is 0 Å². The van der Waals surface area contributed by atoms with Gasteiger partial charge in [0.15, 0.2) is 0 Å². The third kappa shape index (κ3) is 4.51. The molecule has 0 aliphatic carbocycles. The first-order valence-corrected chi connectivity index (χ1v) is 24.4. The first-order chi connectivity index (χ1) is 22.8. The Balaban J connectivity index is 1.47. The molecule has 2 heteroatoms. The van der Waals surface area contributed by atoms with Gasteiger partial charge in [-0.15, -0.1) is 0 Å². The Morgan fingerprint density at radius 2 is 0.435 bits per heavy atom. The number of rotatable bonds is 7. The molecule has 0 unspecified atom stereocenters. The van der Waals surface area contributed by atoms with Crippen molar-refractivity contribution in [2.24, 2.45) is 0 Å². The molecule has 218 valence electrons. The summed E-state index contributed by atoms with van der Waals surface area (Å²) in [6, 6.07) is 68.1. The van der Waals surface area contributed by atoms with Crippen molar-refractivity contribution in [2.75, 3.05) is 0 Å². The molecule has 0 nitrogen and oxygen atoms in total. The molecule has 0 spiro atoms. The Labute approximate surface area is 277 Å². The molecular formula is C44H34Ge2. The van der Waals surface area contributed by atoms with Crippen molar-refractivity contribution in [1.82, 2.24) is 0 Å². The van der Waals surface area contributed by atoms with Crippen LogP contribution in [0.25, 0.3) is 8.81 Å². The van der Waals surface area contributed by atoms with E-state index >= 15 is 0 Å². The molecule has 0 saturated carbocycles. The number of hydrogen-bond donors (Lipinski definition) is 0. The van der Waals surface area contributed by atoms with Crippen LogP contribution in [0.15, 0.2) is 215 Å². The van der Waals surface area contributed by atoms with Crippen LogP contribution in [0.4, 0.5) is 0 Å². The Morgan fingerprint density at radius 3 is 0.696 bits per heavy atom. The van der Waals surface area contributed by atoms with Gasteiger partial charge in [-0.2, -0.15) is 0 Å². The van der Waals surface area contributed by atoms with Gasteiger partial charge in [-0.1, -0.05) is 0 Å². The zero-order valence-electron chi connectivity index (χ0n) is 25.6. The van der Waals surface area contributed by atoms with E-state index in [1.807, 2.05) is 0 Å². The van der Waals surface area contributed by atoms with Crippen LogP contribution < -0.4 is 17.6 Å². The van der Waals surface area contributed by atoms with E-state index in [0.29, 0.717) is 0 Å². The molecule has 0 fully saturated rings. The Hall–Kier alpha value is -4.63. The summed E-state index contributed by atoms with van der Waals surface area (Å²) < 4.78 is 12.0. The molecule has 8 rings (SSSR count). The first kappa shape index (κ1) is 28.8. The molecule has 6 aromatic rings. The van der Waals surface area contributed by atoms with Gasteiger partial charge in [-0.25, -0.2) is 0 Å². The second kappa shape index (κ2) is 12.3. The number of benzene rings is 6. The van der Waals surface area contributed by atoms with Gasteiger partial charge < -0.3 is 0 Å². The van der Waals surface area contributed by atoms with Gasteiger partial charge in [0, 0.05) is 0 Å². The molecule has 0 aromatic heterocycles. The molecule has 0 saturated heterocycles. The van der Waals surface area contributed by atoms with Crippen LogP contribution in [0.3, 0.4) is 0 Å². The van der Waals surface area contributed by atoms with E-state index < -0.39 is 26.5 Å². The number of allylic oxidation sites excluding steroid dienone is 6. The van der Waals surface area contributed by atoms with Crippen LogP contribution in [-0.2, 0) is 0 Å². The van der Waals surface area contributed by atoms with Gasteiger partial charge in [-0.3, -0.25) is 0 Å². The second-order valence-electron chi connectivity index (χ2n) is 12.0. The monoisotopic (exact) mass is 710 g/mol. The molecule has 6 aromatic carbocycles. The summed E-state index contributed by atoms with van der Waals surface area (Å²) in [5, 5.41) is 0. The van der Waals surface area contributed by atoms with E-state index in [1.54, 1.807) is 8.81 Å². The van der Waals surface area contributed by atoms with Crippen molar-refractivity contribution in [3.63, 3.8) is 0 Å². The standard InChI is InChI=1S/C44H34Ge2/c1-7-19-35(20-8-1)41-31-33-43(45(41,37-23-11-3-12-24-37)38-25-13-4-14-26-38)44-34-32-42(36-21-9-2-10-22-36)46(44,39-27-15-5-16-28-39)40-29-17-6-18-30-40/h1-34H. The predicted molar refractivity (Wildman–Crippen MR) is 201 cm³/mol. The molecule has 0 N–H and O–H groups in total. The maximum absolute atomic E-state index is 3.56. The fraction of sp³-hybridized carbons (Fsp3) is 0. The summed E-state index contributed by atoms with van der Waals surface area (Å²) in [7, 11) is 0. The number of hydrogen-bond acceptors (Lipinski definition) is 0. The normalized spacial score (nSPS) is 16.3. The maximum atomic E-state index is 2.53. The van der Waals surface area contributed by atoms with E-state index in [2.05, 4.69) is 206 Å². The van der Waals surface area contributed by atoms with E-state index in [4.69, 9.17) is 0 Å². The van der Waals surface area contributed by atoms with Gasteiger partial charge in [-0.05, 0) is 0 Å². The summed E-state index contributed by atoms with van der Waals surface area (Å²) in [6.45, 7) is 0. The van der Waals surface area contributed by atoms with Crippen LogP contribution in [-0.4, -0.2) is 26.5 Å². The van der Waals surface area contributed by atoms with Gasteiger partial charge in [0.2, 0.25) is 0 Å². The third-order valence-electron chi connectivity index (χ3n) is 9.74. The van der Waals surface area contributed by atoms with E-state index in [1.165, 1.54) is 37.5 Å². The summed E-state index contributed by atoms with van der Waals surface area (Å²) in [4.78, 5) is 0. The average Bonchev–Trinajstić information content (AvgIpc) is 3.74. The van der Waals surface area contributed by atoms with Gasteiger partial charge in [0.25, 0.3) is 0 Å². The van der Waals surface area contributed by atoms with Crippen LogP contribution in [0.5, 0.6) is 0 Å². The van der Waals surface area contributed by atoms with Crippen molar-refractivity contribution in [3.8, 4) is 0 Å². The zero-order valence-corrected chi connectivity index (χ0v) is 29.8. The second-order valence-corrected chi connectivity index (χ2v) is 27.7. The quantitative estimate of drug-likeness (QED) is 0.149. The fourth-order valence-electron chi connectivity index (χ4n) is 7.90. The summed E-state index contributed by atoms with van der Waals surface area (Å²) in [5.74, 6) is 0. The minimum atomic E-state index is -3.56. The van der Waals surface area contributed by atoms with Gasteiger partial charge in [0.1, 0.15) is 0 Å². The van der Waals surface area contributed by atoms with E-state index in [0.717, 1.165) is 0 Å². The van der Waals surface area contributed by atoms with Crippen molar-refractivity contribution in [3.05, 3.63) is 226 Å². The van der Waals surface area contributed by atoms with Crippen LogP contribution in [0.2, 0.25) is 0 Å². The molecule has 0 radical (unpaired) electrons. The van der Waals surface area contributed by atoms with E-state index in [9.17, 15) is 0 Å². The fourth-order valence-corrected chi connectivity index (χ4v) is 33.0. The van der Waals surface area contributed by atoms with Crippen molar-refractivity contribution in [1.29, 1.82) is 0 Å². The molecule has 2 aliphatic rings. The first-order valence-electron chi connectivity index (χ1n) is 16.0. The SMILES string of the molecule is C1=[C]([C]2=CC=[C](c3ccccc3)[Ge]2([c]2ccccc2)[c]2ccccc2)[Ge]([c]2ccccc2)([c]2ccccc2)[C](c2ccccc2)=C1. The van der Waals surface area contributed by atoms with Gasteiger partial charge in [0.05, 0.1) is 0 Å². The summed E-state index contributed by atoms with van der Waals surface area (Å²) >= 11 is -7.12. The van der Waals surface area contributed by atoms with Crippen molar-refractivity contribution < 1.29 is 0 Å². The Bertz CT molecular complexity index is 1860. The molecule has 2 heterocycles. The van der Waals surface area contributed by atoms with Crippen LogP contribution in [0, 0.1) is 0 Å². The predicted octanol–water partition coefficient (Wildman–Crippen LogP) is 7.72. The Kier molecular flexibility index (Phi) is 7.69.